The minimum absolute atomic E-state index is 0.148. The van der Waals surface area contributed by atoms with Crippen LogP contribution in [0.5, 0.6) is 0 Å². The minimum atomic E-state index is -4.67. The molecule has 1 amide bonds. The lowest BCUT2D eigenvalue weighted by Gasteiger charge is -2.58. The number of aliphatic hydroxyl groups is 2. The first-order valence-corrected chi connectivity index (χ1v) is 18.8. The summed E-state index contributed by atoms with van der Waals surface area (Å²) in [4.78, 5) is 23.3. The number of hydrogen-bond acceptors (Lipinski definition) is 7. The molecular formula is C36H46F6N6O5. The van der Waals surface area contributed by atoms with E-state index in [4.69, 9.17) is 10.8 Å². The number of rotatable bonds is 5. The first-order valence-electron chi connectivity index (χ1n) is 18.8. The Kier molecular flexibility index (Phi) is 8.80. The van der Waals surface area contributed by atoms with Gasteiger partial charge in [0, 0.05) is 12.1 Å². The maximum absolute atomic E-state index is 13.5. The Hall–Kier alpha value is -3.18. The van der Waals surface area contributed by atoms with Crippen molar-refractivity contribution in [3.05, 3.63) is 34.9 Å². The highest BCUT2D eigenvalue weighted by atomic mass is 19.4. The number of aromatic carboxylic acids is 1. The van der Waals surface area contributed by atoms with Gasteiger partial charge in [0.15, 0.2) is 11.4 Å². The molecule has 53 heavy (non-hydrogen) atoms. The number of alkyl halides is 6. The largest absolute Gasteiger partial charge is 0.478 e. The highest BCUT2D eigenvalue weighted by Gasteiger charge is 2.56. The molecule has 0 spiro atoms. The third kappa shape index (κ3) is 7.09. The molecule has 12 rings (SSSR count). The standard InChI is InChI=1S/C18H22F3N3O2.C10H17NO.C8H7F3N2O2/c19-18(20,21)15-13(8-22-24(15)12-1-2-12)16(25)23-14-10-3-9-4-11(14)7-17(26,5-9)6-10;11-9-7-1-6-2-8(9)5-10(12,3-6)4-7;9-8(10,11)6-5(7(14)15)3-12-13(6)4-1-2-4/h8-12,14,26H,1-7H2,(H,23,25);6-9,12H,1-5,11H2;3-4H,1-2H2,(H,14,15). The van der Waals surface area contributed by atoms with Crippen LogP contribution in [0.1, 0.15) is 134 Å². The Balaban J connectivity index is 0.000000125. The third-order valence-electron chi connectivity index (χ3n) is 13.2. The first-order chi connectivity index (χ1) is 24.8. The van der Waals surface area contributed by atoms with Crippen LogP contribution in [0.25, 0.3) is 0 Å². The highest BCUT2D eigenvalue weighted by molar-refractivity contribution is 5.95. The summed E-state index contributed by atoms with van der Waals surface area (Å²) in [5, 5.41) is 39.6. The number of nitrogens with one attached hydrogen (secondary N) is 1. The summed E-state index contributed by atoms with van der Waals surface area (Å²) in [5.74, 6) is 0.581. The van der Waals surface area contributed by atoms with Crippen molar-refractivity contribution >= 4 is 11.9 Å². The van der Waals surface area contributed by atoms with E-state index in [1.54, 1.807) is 0 Å². The van der Waals surface area contributed by atoms with E-state index in [1.807, 2.05) is 0 Å². The van der Waals surface area contributed by atoms with Gasteiger partial charge in [0.1, 0.15) is 5.56 Å². The fourth-order valence-electron chi connectivity index (χ4n) is 11.3. The van der Waals surface area contributed by atoms with E-state index >= 15 is 0 Å². The van der Waals surface area contributed by atoms with Gasteiger partial charge in [-0.05, 0) is 125 Å². The lowest BCUT2D eigenvalue weighted by atomic mass is 9.52. The van der Waals surface area contributed by atoms with Gasteiger partial charge in [-0.15, -0.1) is 0 Å². The van der Waals surface area contributed by atoms with Gasteiger partial charge in [-0.3, -0.25) is 14.2 Å². The van der Waals surface area contributed by atoms with Gasteiger partial charge in [-0.2, -0.15) is 36.5 Å². The van der Waals surface area contributed by atoms with Crippen molar-refractivity contribution in [3.63, 3.8) is 0 Å². The summed E-state index contributed by atoms with van der Waals surface area (Å²) in [6.45, 7) is 0. The molecule has 0 saturated heterocycles. The second-order valence-electron chi connectivity index (χ2n) is 17.4. The van der Waals surface area contributed by atoms with Gasteiger partial charge < -0.3 is 26.4 Å². The first kappa shape index (κ1) is 36.8. The summed E-state index contributed by atoms with van der Waals surface area (Å²) >= 11 is 0. The van der Waals surface area contributed by atoms with E-state index in [-0.39, 0.29) is 41.1 Å². The lowest BCUT2D eigenvalue weighted by Crippen LogP contribution is -2.61. The average molecular weight is 757 g/mol. The molecule has 10 fully saturated rings. The molecule has 4 unspecified atom stereocenters. The second kappa shape index (κ2) is 12.7. The van der Waals surface area contributed by atoms with E-state index in [1.165, 1.54) is 12.8 Å². The number of nitrogens with zero attached hydrogens (tertiary/aromatic N) is 4. The van der Waals surface area contributed by atoms with Gasteiger partial charge in [0.25, 0.3) is 5.91 Å². The van der Waals surface area contributed by atoms with E-state index in [0.29, 0.717) is 62.3 Å². The number of aromatic nitrogens is 4. The fourth-order valence-corrected chi connectivity index (χ4v) is 11.3. The zero-order valence-corrected chi connectivity index (χ0v) is 29.1. The number of hydrogen-bond donors (Lipinski definition) is 5. The Morgan fingerprint density at radius 2 is 1.09 bits per heavy atom. The zero-order valence-electron chi connectivity index (χ0n) is 29.1. The van der Waals surface area contributed by atoms with Gasteiger partial charge in [0.05, 0.1) is 41.2 Å². The molecule has 4 atom stereocenters. The van der Waals surface area contributed by atoms with Crippen LogP contribution < -0.4 is 11.1 Å². The van der Waals surface area contributed by atoms with Gasteiger partial charge in [0.2, 0.25) is 0 Å². The molecular weight excluding hydrogens is 710 g/mol. The van der Waals surface area contributed by atoms with Crippen molar-refractivity contribution in [1.82, 2.24) is 24.9 Å². The van der Waals surface area contributed by atoms with Crippen molar-refractivity contribution in [2.45, 2.75) is 138 Å². The minimum Gasteiger partial charge on any atom is -0.478 e. The Morgan fingerprint density at radius 3 is 1.49 bits per heavy atom. The number of halogens is 6. The third-order valence-corrected chi connectivity index (χ3v) is 13.2. The van der Waals surface area contributed by atoms with Crippen LogP contribution >= 0.6 is 0 Å². The average Bonchev–Trinajstić information content (AvgIpc) is 3.97. The maximum atomic E-state index is 13.5. The molecule has 2 aromatic heterocycles. The van der Waals surface area contributed by atoms with Crippen molar-refractivity contribution in [1.29, 1.82) is 0 Å². The van der Waals surface area contributed by atoms with Crippen LogP contribution in [-0.2, 0) is 12.4 Å². The number of carbonyl (C=O) groups excluding carboxylic acids is 1. The zero-order chi connectivity index (χ0) is 37.8. The number of amides is 1. The highest BCUT2D eigenvalue weighted by Crippen LogP contribution is 2.56. The van der Waals surface area contributed by atoms with Crippen LogP contribution in [0.3, 0.4) is 0 Å². The number of carboxylic acids is 1. The van der Waals surface area contributed by atoms with Crippen LogP contribution in [0.4, 0.5) is 26.3 Å². The molecule has 0 radical (unpaired) electrons. The maximum Gasteiger partial charge on any atom is 0.433 e. The monoisotopic (exact) mass is 756 g/mol. The smallest absolute Gasteiger partial charge is 0.433 e. The van der Waals surface area contributed by atoms with Gasteiger partial charge >= 0.3 is 18.3 Å². The van der Waals surface area contributed by atoms with Crippen molar-refractivity contribution < 1.29 is 51.3 Å². The molecule has 6 N–H and O–H groups in total. The molecule has 2 aromatic rings. The summed E-state index contributed by atoms with van der Waals surface area (Å²) < 4.78 is 80.0. The Labute approximate surface area is 301 Å². The van der Waals surface area contributed by atoms with Crippen molar-refractivity contribution in [2.24, 2.45) is 41.2 Å². The number of carbonyl (C=O) groups is 2. The molecule has 17 heteroatoms. The Morgan fingerprint density at radius 1 is 0.698 bits per heavy atom. The summed E-state index contributed by atoms with van der Waals surface area (Å²) in [6, 6.07) is -0.287. The summed E-state index contributed by atoms with van der Waals surface area (Å²) in [7, 11) is 0. The lowest BCUT2D eigenvalue weighted by molar-refractivity contribution is -0.145. The quantitative estimate of drug-likeness (QED) is 0.241. The van der Waals surface area contributed by atoms with E-state index in [0.717, 1.165) is 66.2 Å². The number of nitrogens with two attached hydrogens (primary N) is 1. The Bertz CT molecular complexity index is 1720. The summed E-state index contributed by atoms with van der Waals surface area (Å²) in [6.07, 6.45) is 4.69. The predicted octanol–water partition coefficient (Wildman–Crippen LogP) is 5.73. The molecule has 2 heterocycles. The predicted molar refractivity (Wildman–Crippen MR) is 174 cm³/mol. The van der Waals surface area contributed by atoms with Crippen LogP contribution in [0, 0.1) is 35.5 Å². The van der Waals surface area contributed by atoms with E-state index in [9.17, 15) is 46.1 Å². The molecule has 8 bridgehead atoms. The number of carboxylic acid groups (broad SMARTS) is 1. The van der Waals surface area contributed by atoms with Gasteiger partial charge in [-0.25, -0.2) is 4.79 Å². The molecule has 0 aromatic carbocycles. The van der Waals surface area contributed by atoms with Crippen molar-refractivity contribution in [3.8, 4) is 0 Å². The summed E-state index contributed by atoms with van der Waals surface area (Å²) in [5.41, 5.74) is 1.94. The van der Waals surface area contributed by atoms with Crippen LogP contribution in [-0.4, -0.2) is 70.0 Å². The van der Waals surface area contributed by atoms with Crippen molar-refractivity contribution in [2.75, 3.05) is 0 Å². The molecule has 0 aliphatic heterocycles. The normalized spacial score (nSPS) is 37.8. The molecule has 10 aliphatic carbocycles. The van der Waals surface area contributed by atoms with Crippen LogP contribution in [0.15, 0.2) is 12.4 Å². The second-order valence-corrected chi connectivity index (χ2v) is 17.4. The molecule has 10 aliphatic rings. The molecule has 11 nitrogen and oxygen atoms in total. The van der Waals surface area contributed by atoms with Crippen LogP contribution in [0.2, 0.25) is 0 Å². The van der Waals surface area contributed by atoms with E-state index < -0.39 is 46.8 Å². The SMILES string of the molecule is NC1C2CC3CC1CC(O)(C3)C2.O=C(NC1C2CC3CC1CC(O)(C3)C2)c1cnn(C2CC2)c1C(F)(F)F.O=C(O)c1cnn(C2CC2)c1C(F)(F)F. The molecule has 10 saturated carbocycles. The molecule has 292 valence electrons. The van der Waals surface area contributed by atoms with Gasteiger partial charge in [-0.1, -0.05) is 0 Å². The topological polar surface area (TPSA) is 169 Å². The van der Waals surface area contributed by atoms with E-state index in [2.05, 4.69) is 15.5 Å². The fraction of sp³-hybridized carbons (Fsp3) is 0.778.